The van der Waals surface area contributed by atoms with E-state index in [1.165, 1.54) is 31.7 Å². The van der Waals surface area contributed by atoms with Crippen molar-refractivity contribution < 1.29 is 9.22 Å². The van der Waals surface area contributed by atoms with Gasteiger partial charge >= 0.3 is 0 Å². The second-order valence-corrected chi connectivity index (χ2v) is 8.41. The zero-order valence-corrected chi connectivity index (χ0v) is 17.0. The molecule has 2 atom stereocenters. The van der Waals surface area contributed by atoms with Crippen molar-refractivity contribution in [2.24, 2.45) is 6.98 Å². The highest BCUT2D eigenvalue weighted by Crippen LogP contribution is 2.33. The van der Waals surface area contributed by atoms with E-state index < -0.39 is 6.98 Å². The number of hydrogen-bond donors (Lipinski definition) is 2. The summed E-state index contributed by atoms with van der Waals surface area (Å²) >= 11 is 0. The summed E-state index contributed by atoms with van der Waals surface area (Å²) in [5.41, 5.74) is 2.44. The number of aromatic hydroxyl groups is 1. The number of phenolic OH excluding ortho intramolecular Hbond substituents is 1. The summed E-state index contributed by atoms with van der Waals surface area (Å²) in [5, 5.41) is 27.1. The number of piperidine rings is 2. The first-order valence-electron chi connectivity index (χ1n) is 12.0. The lowest BCUT2D eigenvalue weighted by Gasteiger charge is -2.43. The summed E-state index contributed by atoms with van der Waals surface area (Å²) in [5.74, 6) is 0.882. The largest absolute Gasteiger partial charge is 0.507 e. The predicted molar refractivity (Wildman–Crippen MR) is 117 cm³/mol. The van der Waals surface area contributed by atoms with Crippen LogP contribution >= 0.6 is 0 Å². The number of rotatable bonds is 4. The van der Waals surface area contributed by atoms with Crippen LogP contribution in [0.25, 0.3) is 22.4 Å². The maximum absolute atomic E-state index is 10.6. The Bertz CT molecular complexity index is 1120. The lowest BCUT2D eigenvalue weighted by molar-refractivity contribution is 0.219. The van der Waals surface area contributed by atoms with Gasteiger partial charge in [-0.15, -0.1) is 10.2 Å². The van der Waals surface area contributed by atoms with Gasteiger partial charge in [-0.2, -0.15) is 5.10 Å². The molecule has 7 nitrogen and oxygen atoms in total. The number of nitrogens with zero attached hydrogens (tertiary/aromatic N) is 5. The van der Waals surface area contributed by atoms with E-state index in [-0.39, 0.29) is 5.75 Å². The summed E-state index contributed by atoms with van der Waals surface area (Å²) in [6, 6.07) is 10.6. The van der Waals surface area contributed by atoms with Crippen LogP contribution < -0.4 is 10.2 Å². The topological polar surface area (TPSA) is 79.1 Å². The van der Waals surface area contributed by atoms with Crippen LogP contribution in [0.1, 0.15) is 36.2 Å². The zero-order chi connectivity index (χ0) is 23.2. The number of aromatic nitrogens is 4. The van der Waals surface area contributed by atoms with Crippen molar-refractivity contribution in [2.45, 2.75) is 50.2 Å². The minimum absolute atomic E-state index is 0.0516. The molecule has 0 aliphatic carbocycles. The van der Waals surface area contributed by atoms with Gasteiger partial charge in [-0.1, -0.05) is 12.5 Å². The molecule has 0 spiro atoms. The Morgan fingerprint density at radius 3 is 2.63 bits per heavy atom. The molecule has 2 N–H and O–H groups in total. The van der Waals surface area contributed by atoms with Crippen molar-refractivity contribution in [2.75, 3.05) is 11.9 Å². The SMILES string of the molecule is [2H]C([2H])([2H])n1cc(-c2ccc(-c3ccc(N(C)C4CC5CCCC(C4)N5)nn3)c(O)c2)cn1. The fourth-order valence-electron chi connectivity index (χ4n) is 4.80. The lowest BCUT2D eigenvalue weighted by Crippen LogP contribution is -2.54. The maximum atomic E-state index is 10.6. The van der Waals surface area contributed by atoms with E-state index >= 15 is 0 Å². The van der Waals surface area contributed by atoms with E-state index in [1.807, 2.05) is 18.2 Å². The van der Waals surface area contributed by atoms with Crippen LogP contribution in [0.5, 0.6) is 5.75 Å². The summed E-state index contributed by atoms with van der Waals surface area (Å²) in [6.07, 6.45) is 8.97. The molecule has 3 aromatic rings. The van der Waals surface area contributed by atoms with E-state index in [0.29, 0.717) is 40.5 Å². The fourth-order valence-corrected chi connectivity index (χ4v) is 4.80. The van der Waals surface area contributed by atoms with Crippen molar-refractivity contribution in [3.63, 3.8) is 0 Å². The Balaban J connectivity index is 1.32. The third kappa shape index (κ3) is 3.65. The van der Waals surface area contributed by atoms with Gasteiger partial charge in [0.2, 0.25) is 0 Å². The number of benzene rings is 1. The highest BCUT2D eigenvalue weighted by atomic mass is 16.3. The van der Waals surface area contributed by atoms with Gasteiger partial charge in [0.15, 0.2) is 5.82 Å². The molecule has 5 rings (SSSR count). The van der Waals surface area contributed by atoms with Crippen LogP contribution in [0.3, 0.4) is 0 Å². The molecule has 2 unspecified atom stereocenters. The fraction of sp³-hybridized carbons (Fsp3) is 0.435. The minimum Gasteiger partial charge on any atom is -0.507 e. The van der Waals surface area contributed by atoms with Crippen molar-refractivity contribution >= 4 is 5.82 Å². The predicted octanol–water partition coefficient (Wildman–Crippen LogP) is 3.36. The third-order valence-corrected chi connectivity index (χ3v) is 6.44. The first-order chi connectivity index (χ1) is 15.8. The van der Waals surface area contributed by atoms with Gasteiger partial charge in [-0.25, -0.2) is 0 Å². The average Bonchev–Trinajstić information content (AvgIpc) is 3.29. The second kappa shape index (κ2) is 7.72. The molecular weight excluding hydrogens is 376 g/mol. The molecule has 156 valence electrons. The van der Waals surface area contributed by atoms with E-state index in [2.05, 4.69) is 32.6 Å². The number of hydrogen-bond acceptors (Lipinski definition) is 6. The van der Waals surface area contributed by atoms with Crippen LogP contribution in [0.2, 0.25) is 0 Å². The van der Waals surface area contributed by atoms with E-state index in [0.717, 1.165) is 23.3 Å². The Hall–Kier alpha value is -2.93. The zero-order valence-electron chi connectivity index (χ0n) is 20.0. The number of aryl methyl sites for hydroxylation is 1. The molecule has 4 heterocycles. The Morgan fingerprint density at radius 2 is 1.97 bits per heavy atom. The van der Waals surface area contributed by atoms with Gasteiger partial charge < -0.3 is 15.3 Å². The highest BCUT2D eigenvalue weighted by Gasteiger charge is 2.33. The molecule has 30 heavy (non-hydrogen) atoms. The summed E-state index contributed by atoms with van der Waals surface area (Å²) in [4.78, 5) is 2.23. The van der Waals surface area contributed by atoms with Crippen molar-refractivity contribution in [1.82, 2.24) is 25.3 Å². The molecule has 0 saturated carbocycles. The van der Waals surface area contributed by atoms with Crippen LogP contribution in [0.15, 0.2) is 42.7 Å². The molecule has 2 aliphatic rings. The lowest BCUT2D eigenvalue weighted by atomic mass is 9.83. The molecule has 2 saturated heterocycles. The van der Waals surface area contributed by atoms with Gasteiger partial charge in [0.1, 0.15) is 5.75 Å². The maximum Gasteiger partial charge on any atom is 0.151 e. The molecular formula is C23H28N6O. The molecule has 0 radical (unpaired) electrons. The Labute approximate surface area is 181 Å². The average molecular weight is 408 g/mol. The smallest absolute Gasteiger partial charge is 0.151 e. The van der Waals surface area contributed by atoms with Gasteiger partial charge in [0.05, 0.1) is 11.9 Å². The summed E-state index contributed by atoms with van der Waals surface area (Å²) in [6.45, 7) is -2.34. The van der Waals surface area contributed by atoms with E-state index in [1.54, 1.807) is 12.1 Å². The van der Waals surface area contributed by atoms with Gasteiger partial charge in [-0.3, -0.25) is 4.68 Å². The molecule has 2 fully saturated rings. The molecule has 2 bridgehead atoms. The first-order valence-corrected chi connectivity index (χ1v) is 10.5. The number of anilines is 1. The minimum atomic E-state index is -2.34. The number of nitrogens with one attached hydrogen (secondary N) is 1. The molecule has 2 aromatic heterocycles. The quantitative estimate of drug-likeness (QED) is 0.690. The van der Waals surface area contributed by atoms with Crippen molar-refractivity contribution in [1.29, 1.82) is 0 Å². The third-order valence-electron chi connectivity index (χ3n) is 6.44. The monoisotopic (exact) mass is 407 g/mol. The van der Waals surface area contributed by atoms with E-state index in [4.69, 9.17) is 4.11 Å². The van der Waals surface area contributed by atoms with Gasteiger partial charge in [-0.05, 0) is 55.5 Å². The Morgan fingerprint density at radius 1 is 1.13 bits per heavy atom. The van der Waals surface area contributed by atoms with Crippen LogP contribution in [-0.2, 0) is 6.98 Å². The molecule has 0 amide bonds. The van der Waals surface area contributed by atoms with Crippen LogP contribution in [0, 0.1) is 0 Å². The normalized spacial score (nSPS) is 25.2. The summed E-state index contributed by atoms with van der Waals surface area (Å²) in [7, 11) is 2.08. The molecule has 2 aliphatic heterocycles. The molecule has 7 heteroatoms. The van der Waals surface area contributed by atoms with Crippen LogP contribution in [-0.4, -0.2) is 50.3 Å². The molecule has 1 aromatic carbocycles. The highest BCUT2D eigenvalue weighted by molar-refractivity contribution is 5.73. The Kier molecular flexibility index (Phi) is 4.08. The van der Waals surface area contributed by atoms with Crippen molar-refractivity contribution in [3.05, 3.63) is 42.7 Å². The number of phenols is 1. The van der Waals surface area contributed by atoms with Crippen molar-refractivity contribution in [3.8, 4) is 28.1 Å². The van der Waals surface area contributed by atoms with Gasteiger partial charge in [0.25, 0.3) is 0 Å². The number of fused-ring (bicyclic) bond motifs is 2. The standard InChI is InChI=1S/C23H28N6O/c1-28-14-16(13-24-28)15-6-7-20(22(30)10-15)21-8-9-23(27-26-21)29(2)19-11-17-4-3-5-18(12-19)25-17/h6-10,13-14,17-19,25,30H,3-5,11-12H2,1-2H3/i1D3. The second-order valence-electron chi connectivity index (χ2n) is 8.41. The van der Waals surface area contributed by atoms with Gasteiger partial charge in [0, 0.05) is 53.6 Å². The van der Waals surface area contributed by atoms with Crippen LogP contribution in [0.4, 0.5) is 5.82 Å². The summed E-state index contributed by atoms with van der Waals surface area (Å²) < 4.78 is 23.3. The van der Waals surface area contributed by atoms with E-state index in [9.17, 15) is 5.11 Å². The first kappa shape index (κ1) is 15.8.